The van der Waals surface area contributed by atoms with Crippen LogP contribution in [0.3, 0.4) is 0 Å². The largest absolute Gasteiger partial charge is 0.506 e. The Morgan fingerprint density at radius 3 is 2.80 bits per heavy atom. The van der Waals surface area contributed by atoms with Gasteiger partial charge in [0.15, 0.2) is 0 Å². The van der Waals surface area contributed by atoms with Crippen molar-refractivity contribution in [3.63, 3.8) is 0 Å². The van der Waals surface area contributed by atoms with Gasteiger partial charge in [0.2, 0.25) is 0 Å². The predicted octanol–water partition coefficient (Wildman–Crippen LogP) is 0.956. The number of aromatic hydroxyl groups is 1. The molecule has 0 aromatic carbocycles. The molecule has 1 heterocycles. The number of nitrogens with zero attached hydrogens (tertiary/aromatic N) is 1. The summed E-state index contributed by atoms with van der Waals surface area (Å²) in [6.07, 6.45) is 0.850. The lowest BCUT2D eigenvalue weighted by Gasteiger charge is -2.14. The highest BCUT2D eigenvalue weighted by molar-refractivity contribution is 5.27. The molecule has 4 nitrogen and oxygen atoms in total. The summed E-state index contributed by atoms with van der Waals surface area (Å²) in [4.78, 5) is 4.22. The number of nitrogens with one attached hydrogen (secondary N) is 1. The number of aliphatic hydroxyl groups is 1. The Labute approximate surface area is 90.0 Å². The molecule has 4 heteroatoms. The van der Waals surface area contributed by atoms with Gasteiger partial charge in [-0.05, 0) is 25.5 Å². The van der Waals surface area contributed by atoms with Gasteiger partial charge in [-0.3, -0.25) is 4.98 Å². The molecule has 0 aliphatic heterocycles. The molecule has 1 rings (SSSR count). The van der Waals surface area contributed by atoms with Crippen LogP contribution in [-0.4, -0.2) is 27.8 Å². The third-order valence-electron chi connectivity index (χ3n) is 2.36. The average Bonchev–Trinajstić information content (AvgIpc) is 2.24. The number of hydrogen-bond donors (Lipinski definition) is 3. The van der Waals surface area contributed by atoms with E-state index in [1.165, 1.54) is 0 Å². The number of hydrogen-bond acceptors (Lipinski definition) is 4. The molecule has 1 atom stereocenters. The van der Waals surface area contributed by atoms with E-state index in [0.29, 0.717) is 12.2 Å². The van der Waals surface area contributed by atoms with Gasteiger partial charge in [0.05, 0.1) is 12.3 Å². The maximum absolute atomic E-state index is 9.53. The van der Waals surface area contributed by atoms with Gasteiger partial charge in [-0.2, -0.15) is 0 Å². The Kier molecular flexibility index (Phi) is 4.52. The van der Waals surface area contributed by atoms with Crippen LogP contribution in [0.2, 0.25) is 0 Å². The van der Waals surface area contributed by atoms with E-state index in [4.69, 9.17) is 5.11 Å². The minimum atomic E-state index is 0.0618. The van der Waals surface area contributed by atoms with E-state index in [0.717, 1.165) is 12.1 Å². The second kappa shape index (κ2) is 5.68. The lowest BCUT2D eigenvalue weighted by Crippen LogP contribution is -2.31. The van der Waals surface area contributed by atoms with Crippen molar-refractivity contribution in [2.45, 2.75) is 32.9 Å². The zero-order chi connectivity index (χ0) is 11.3. The first-order chi connectivity index (χ1) is 7.17. The van der Waals surface area contributed by atoms with Crippen LogP contribution in [0, 0.1) is 6.92 Å². The van der Waals surface area contributed by atoms with Crippen LogP contribution in [0.25, 0.3) is 0 Å². The summed E-state index contributed by atoms with van der Waals surface area (Å²) in [5.41, 5.74) is 1.50. The van der Waals surface area contributed by atoms with Crippen molar-refractivity contribution in [1.82, 2.24) is 10.3 Å². The number of aliphatic hydroxyl groups excluding tert-OH is 1. The molecule has 0 amide bonds. The smallest absolute Gasteiger partial charge is 0.138 e. The van der Waals surface area contributed by atoms with Gasteiger partial charge in [0.1, 0.15) is 5.75 Å². The number of rotatable bonds is 5. The third kappa shape index (κ3) is 3.49. The van der Waals surface area contributed by atoms with Gasteiger partial charge in [0.25, 0.3) is 0 Å². The molecule has 1 aromatic rings. The lowest BCUT2D eigenvalue weighted by molar-refractivity contribution is 0.237. The zero-order valence-electron chi connectivity index (χ0n) is 9.20. The van der Waals surface area contributed by atoms with Crippen molar-refractivity contribution in [3.8, 4) is 5.75 Å². The number of aryl methyl sites for hydroxylation is 1. The van der Waals surface area contributed by atoms with Crippen LogP contribution in [0.1, 0.15) is 24.7 Å². The average molecular weight is 210 g/mol. The van der Waals surface area contributed by atoms with Gasteiger partial charge >= 0.3 is 0 Å². The maximum Gasteiger partial charge on any atom is 0.138 e. The first-order valence-corrected chi connectivity index (χ1v) is 5.17. The van der Waals surface area contributed by atoms with Crippen LogP contribution < -0.4 is 5.32 Å². The Morgan fingerprint density at radius 1 is 1.47 bits per heavy atom. The molecule has 0 saturated carbocycles. The molecule has 0 saturated heterocycles. The molecular formula is C11H18N2O2. The SMILES string of the molecule is CCC(CO)NCc1nc(C)ccc1O. The Hall–Kier alpha value is -1.13. The summed E-state index contributed by atoms with van der Waals surface area (Å²) < 4.78 is 0. The van der Waals surface area contributed by atoms with E-state index in [1.54, 1.807) is 12.1 Å². The van der Waals surface area contributed by atoms with Crippen LogP contribution >= 0.6 is 0 Å². The van der Waals surface area contributed by atoms with Crippen LogP contribution in [-0.2, 0) is 6.54 Å². The molecule has 15 heavy (non-hydrogen) atoms. The second-order valence-corrected chi connectivity index (χ2v) is 3.59. The summed E-state index contributed by atoms with van der Waals surface area (Å²) in [7, 11) is 0. The fraction of sp³-hybridized carbons (Fsp3) is 0.545. The monoisotopic (exact) mass is 210 g/mol. The van der Waals surface area contributed by atoms with Gasteiger partial charge in [0, 0.05) is 18.3 Å². The van der Waals surface area contributed by atoms with E-state index in [2.05, 4.69) is 10.3 Å². The number of pyridine rings is 1. The zero-order valence-corrected chi connectivity index (χ0v) is 9.20. The molecule has 0 spiro atoms. The predicted molar refractivity (Wildman–Crippen MR) is 58.6 cm³/mol. The quantitative estimate of drug-likeness (QED) is 0.677. The van der Waals surface area contributed by atoms with Crippen molar-refractivity contribution >= 4 is 0 Å². The van der Waals surface area contributed by atoms with E-state index in [9.17, 15) is 5.11 Å². The normalized spacial score (nSPS) is 12.7. The Morgan fingerprint density at radius 2 is 2.20 bits per heavy atom. The van der Waals surface area contributed by atoms with E-state index in [-0.39, 0.29) is 18.4 Å². The molecule has 1 aromatic heterocycles. The molecule has 0 bridgehead atoms. The van der Waals surface area contributed by atoms with Crippen LogP contribution in [0.15, 0.2) is 12.1 Å². The van der Waals surface area contributed by atoms with Gasteiger partial charge in [-0.15, -0.1) is 0 Å². The molecule has 84 valence electrons. The molecule has 0 fully saturated rings. The van der Waals surface area contributed by atoms with Crippen molar-refractivity contribution in [3.05, 3.63) is 23.5 Å². The lowest BCUT2D eigenvalue weighted by atomic mass is 10.2. The van der Waals surface area contributed by atoms with Gasteiger partial charge in [-0.1, -0.05) is 6.92 Å². The van der Waals surface area contributed by atoms with E-state index < -0.39 is 0 Å². The summed E-state index contributed by atoms with van der Waals surface area (Å²) in [5, 5.41) is 21.6. The van der Waals surface area contributed by atoms with E-state index >= 15 is 0 Å². The Balaban J connectivity index is 2.60. The highest BCUT2D eigenvalue weighted by Gasteiger charge is 2.07. The summed E-state index contributed by atoms with van der Waals surface area (Å²) in [6.45, 7) is 4.46. The molecule has 1 unspecified atom stereocenters. The topological polar surface area (TPSA) is 65.4 Å². The van der Waals surface area contributed by atoms with E-state index in [1.807, 2.05) is 13.8 Å². The van der Waals surface area contributed by atoms with Crippen molar-refractivity contribution in [2.75, 3.05) is 6.61 Å². The molecule has 3 N–H and O–H groups in total. The van der Waals surface area contributed by atoms with Gasteiger partial charge in [-0.25, -0.2) is 0 Å². The minimum absolute atomic E-state index is 0.0618. The number of aromatic nitrogens is 1. The second-order valence-electron chi connectivity index (χ2n) is 3.59. The van der Waals surface area contributed by atoms with Crippen LogP contribution in [0.5, 0.6) is 5.75 Å². The summed E-state index contributed by atoms with van der Waals surface area (Å²) >= 11 is 0. The molecule has 0 aliphatic rings. The molecular weight excluding hydrogens is 192 g/mol. The molecule has 0 aliphatic carbocycles. The first-order valence-electron chi connectivity index (χ1n) is 5.17. The highest BCUT2D eigenvalue weighted by Crippen LogP contribution is 2.14. The van der Waals surface area contributed by atoms with Gasteiger partial charge < -0.3 is 15.5 Å². The minimum Gasteiger partial charge on any atom is -0.506 e. The summed E-state index contributed by atoms with van der Waals surface area (Å²) in [5.74, 6) is 0.195. The molecule has 0 radical (unpaired) electrons. The standard InChI is InChI=1S/C11H18N2O2/c1-3-9(7-14)12-6-10-11(15)5-4-8(2)13-10/h4-5,9,12,14-15H,3,6-7H2,1-2H3. The van der Waals surface area contributed by atoms with Crippen molar-refractivity contribution in [2.24, 2.45) is 0 Å². The first kappa shape index (κ1) is 11.9. The fourth-order valence-corrected chi connectivity index (χ4v) is 1.31. The van der Waals surface area contributed by atoms with Crippen molar-refractivity contribution < 1.29 is 10.2 Å². The fourth-order valence-electron chi connectivity index (χ4n) is 1.31. The van der Waals surface area contributed by atoms with Crippen molar-refractivity contribution in [1.29, 1.82) is 0 Å². The maximum atomic E-state index is 9.53. The third-order valence-corrected chi connectivity index (χ3v) is 2.36. The van der Waals surface area contributed by atoms with Crippen LogP contribution in [0.4, 0.5) is 0 Å². The Bertz CT molecular complexity index is 311. The summed E-state index contributed by atoms with van der Waals surface area (Å²) in [6, 6.07) is 3.47. The highest BCUT2D eigenvalue weighted by atomic mass is 16.3.